The van der Waals surface area contributed by atoms with Gasteiger partial charge >= 0.3 is 0 Å². The van der Waals surface area contributed by atoms with E-state index < -0.39 is 5.82 Å². The van der Waals surface area contributed by atoms with Gasteiger partial charge < -0.3 is 0 Å². The first-order valence-corrected chi connectivity index (χ1v) is 4.63. The van der Waals surface area contributed by atoms with Crippen molar-refractivity contribution in [1.29, 1.82) is 5.26 Å². The van der Waals surface area contributed by atoms with E-state index in [-0.39, 0.29) is 11.2 Å². The SMILES string of the molecule is CC.Cc1cnc2c(F)c(C#N)cnn12. The van der Waals surface area contributed by atoms with Crippen LogP contribution in [0.3, 0.4) is 0 Å². The Morgan fingerprint density at radius 3 is 2.67 bits per heavy atom. The Morgan fingerprint density at radius 1 is 1.40 bits per heavy atom. The van der Waals surface area contributed by atoms with Crippen molar-refractivity contribution >= 4 is 5.65 Å². The smallest absolute Gasteiger partial charge is 0.191 e. The van der Waals surface area contributed by atoms with Gasteiger partial charge in [-0.15, -0.1) is 0 Å². The topological polar surface area (TPSA) is 54.0 Å². The zero-order chi connectivity index (χ0) is 11.4. The maximum Gasteiger partial charge on any atom is 0.191 e. The third-order valence-corrected chi connectivity index (χ3v) is 1.76. The third kappa shape index (κ3) is 1.79. The number of hydrogen-bond acceptors (Lipinski definition) is 3. The second-order valence-corrected chi connectivity index (χ2v) is 2.62. The number of fused-ring (bicyclic) bond motifs is 1. The van der Waals surface area contributed by atoms with Crippen molar-refractivity contribution in [3.05, 3.63) is 29.5 Å². The molecule has 0 aliphatic carbocycles. The Balaban J connectivity index is 0.000000531. The number of nitrogens with zero attached hydrogens (tertiary/aromatic N) is 4. The van der Waals surface area contributed by atoms with Crippen LogP contribution < -0.4 is 0 Å². The third-order valence-electron chi connectivity index (χ3n) is 1.76. The Labute approximate surface area is 87.0 Å². The average molecular weight is 206 g/mol. The quantitative estimate of drug-likeness (QED) is 0.663. The van der Waals surface area contributed by atoms with Gasteiger partial charge in [-0.2, -0.15) is 10.4 Å². The summed E-state index contributed by atoms with van der Waals surface area (Å²) in [5.41, 5.74) is 0.744. The summed E-state index contributed by atoms with van der Waals surface area (Å²) in [6.45, 7) is 5.76. The number of aromatic nitrogens is 3. The molecule has 0 aromatic carbocycles. The second kappa shape index (κ2) is 4.51. The summed E-state index contributed by atoms with van der Waals surface area (Å²) in [5, 5.41) is 12.4. The maximum atomic E-state index is 13.3. The lowest BCUT2D eigenvalue weighted by Crippen LogP contribution is -1.98. The van der Waals surface area contributed by atoms with Gasteiger partial charge in [0.1, 0.15) is 11.6 Å². The van der Waals surface area contributed by atoms with Gasteiger partial charge in [-0.25, -0.2) is 13.9 Å². The molecule has 0 atom stereocenters. The van der Waals surface area contributed by atoms with Crippen LogP contribution in [-0.4, -0.2) is 14.6 Å². The number of rotatable bonds is 0. The summed E-state index contributed by atoms with van der Waals surface area (Å²) >= 11 is 0. The molecule has 0 saturated carbocycles. The van der Waals surface area contributed by atoms with Crippen molar-refractivity contribution in [2.24, 2.45) is 0 Å². The lowest BCUT2D eigenvalue weighted by atomic mass is 10.3. The number of aryl methyl sites for hydroxylation is 1. The minimum atomic E-state index is -0.620. The summed E-state index contributed by atoms with van der Waals surface area (Å²) in [4.78, 5) is 3.80. The lowest BCUT2D eigenvalue weighted by Gasteiger charge is -1.96. The second-order valence-electron chi connectivity index (χ2n) is 2.62. The lowest BCUT2D eigenvalue weighted by molar-refractivity contribution is 0.617. The molecule has 4 nitrogen and oxygen atoms in total. The molecule has 15 heavy (non-hydrogen) atoms. The Morgan fingerprint density at radius 2 is 2.07 bits per heavy atom. The predicted octanol–water partition coefficient (Wildman–Crippen LogP) is 2.07. The van der Waals surface area contributed by atoms with Crippen LogP contribution in [0.4, 0.5) is 4.39 Å². The molecule has 2 aromatic heterocycles. The molecule has 0 radical (unpaired) electrons. The molecule has 2 aromatic rings. The Hall–Kier alpha value is -1.96. The molecule has 0 spiro atoms. The van der Waals surface area contributed by atoms with Gasteiger partial charge in [-0.1, -0.05) is 13.8 Å². The summed E-state index contributed by atoms with van der Waals surface area (Å²) in [5.74, 6) is -0.620. The van der Waals surface area contributed by atoms with E-state index in [0.29, 0.717) is 0 Å². The molecule has 0 amide bonds. The molecule has 0 bridgehead atoms. The van der Waals surface area contributed by atoms with E-state index >= 15 is 0 Å². The summed E-state index contributed by atoms with van der Waals surface area (Å²) < 4.78 is 14.7. The van der Waals surface area contributed by atoms with Crippen molar-refractivity contribution in [1.82, 2.24) is 14.6 Å². The highest BCUT2D eigenvalue weighted by Crippen LogP contribution is 2.11. The molecule has 78 valence electrons. The molecule has 0 aliphatic rings. The van der Waals surface area contributed by atoms with Crippen LogP contribution in [0, 0.1) is 24.1 Å². The number of halogens is 1. The van der Waals surface area contributed by atoms with E-state index in [4.69, 9.17) is 5.26 Å². The summed E-state index contributed by atoms with van der Waals surface area (Å²) in [7, 11) is 0. The molecule has 0 saturated heterocycles. The number of hydrogen-bond donors (Lipinski definition) is 0. The number of nitriles is 1. The first kappa shape index (κ1) is 11.1. The summed E-state index contributed by atoms with van der Waals surface area (Å²) in [6.07, 6.45) is 2.70. The molecule has 2 heterocycles. The fourth-order valence-corrected chi connectivity index (χ4v) is 1.10. The van der Waals surface area contributed by atoms with E-state index in [1.807, 2.05) is 13.8 Å². The molecule has 5 heteroatoms. The van der Waals surface area contributed by atoms with Crippen LogP contribution in [0.15, 0.2) is 12.4 Å². The van der Waals surface area contributed by atoms with E-state index in [1.54, 1.807) is 13.0 Å². The molecule has 0 fully saturated rings. The average Bonchev–Trinajstić information content (AvgIpc) is 2.65. The van der Waals surface area contributed by atoms with E-state index in [1.165, 1.54) is 16.9 Å². The molecular weight excluding hydrogens is 195 g/mol. The van der Waals surface area contributed by atoms with Crippen LogP contribution >= 0.6 is 0 Å². The van der Waals surface area contributed by atoms with Gasteiger partial charge in [-0.05, 0) is 6.92 Å². The van der Waals surface area contributed by atoms with Crippen LogP contribution in [0.2, 0.25) is 0 Å². The molecule has 2 rings (SSSR count). The van der Waals surface area contributed by atoms with E-state index in [9.17, 15) is 4.39 Å². The highest BCUT2D eigenvalue weighted by molar-refractivity contribution is 5.46. The molecule has 0 N–H and O–H groups in total. The van der Waals surface area contributed by atoms with Crippen LogP contribution in [0.1, 0.15) is 25.1 Å². The first-order chi connectivity index (χ1) is 7.24. The minimum Gasteiger partial charge on any atom is -0.233 e. The highest BCUT2D eigenvalue weighted by atomic mass is 19.1. The number of imidazole rings is 1. The van der Waals surface area contributed by atoms with Gasteiger partial charge in [0.15, 0.2) is 11.5 Å². The van der Waals surface area contributed by atoms with Crippen LogP contribution in [0.25, 0.3) is 5.65 Å². The maximum absolute atomic E-state index is 13.3. The predicted molar refractivity (Wildman–Crippen MR) is 53.7 cm³/mol. The zero-order valence-corrected chi connectivity index (χ0v) is 8.82. The van der Waals surface area contributed by atoms with Crippen LogP contribution in [-0.2, 0) is 0 Å². The Bertz CT molecular complexity index is 510. The monoisotopic (exact) mass is 206 g/mol. The van der Waals surface area contributed by atoms with Gasteiger partial charge in [-0.3, -0.25) is 0 Å². The minimum absolute atomic E-state index is 0.0851. The van der Waals surface area contributed by atoms with Crippen molar-refractivity contribution in [2.75, 3.05) is 0 Å². The Kier molecular flexibility index (Phi) is 3.34. The van der Waals surface area contributed by atoms with Crippen molar-refractivity contribution < 1.29 is 4.39 Å². The highest BCUT2D eigenvalue weighted by Gasteiger charge is 2.10. The zero-order valence-electron chi connectivity index (χ0n) is 8.82. The standard InChI is InChI=1S/C8H5FN4.C2H6/c1-5-3-11-8-7(9)6(2-10)4-12-13(5)8;1-2/h3-4H,1H3;1-2H3. The largest absolute Gasteiger partial charge is 0.233 e. The van der Waals surface area contributed by atoms with Crippen molar-refractivity contribution in [3.8, 4) is 6.07 Å². The van der Waals surface area contributed by atoms with Gasteiger partial charge in [0.05, 0.1) is 18.1 Å². The fourth-order valence-electron chi connectivity index (χ4n) is 1.10. The fraction of sp³-hybridized carbons (Fsp3) is 0.300. The molecular formula is C10H11FN4. The van der Waals surface area contributed by atoms with Crippen LogP contribution in [0.5, 0.6) is 0 Å². The van der Waals surface area contributed by atoms with Gasteiger partial charge in [0, 0.05) is 0 Å². The van der Waals surface area contributed by atoms with Crippen molar-refractivity contribution in [3.63, 3.8) is 0 Å². The normalized spacial score (nSPS) is 9.27. The van der Waals surface area contributed by atoms with Gasteiger partial charge in [0.25, 0.3) is 0 Å². The first-order valence-electron chi connectivity index (χ1n) is 4.63. The molecule has 0 unspecified atom stereocenters. The van der Waals surface area contributed by atoms with Gasteiger partial charge in [0.2, 0.25) is 0 Å². The molecule has 0 aliphatic heterocycles. The van der Waals surface area contributed by atoms with E-state index in [0.717, 1.165) is 5.69 Å². The summed E-state index contributed by atoms with van der Waals surface area (Å²) in [6, 6.07) is 1.71. The van der Waals surface area contributed by atoms with E-state index in [2.05, 4.69) is 10.1 Å². The van der Waals surface area contributed by atoms with Crippen molar-refractivity contribution in [2.45, 2.75) is 20.8 Å².